The molecule has 0 saturated heterocycles. The number of H-pyrrole nitrogens is 1. The zero-order valence-corrected chi connectivity index (χ0v) is 10.8. The van der Waals surface area contributed by atoms with Crippen molar-refractivity contribution in [2.24, 2.45) is 0 Å². The lowest BCUT2D eigenvalue weighted by Crippen LogP contribution is -2.16. The Morgan fingerprint density at radius 3 is 2.85 bits per heavy atom. The van der Waals surface area contributed by atoms with Gasteiger partial charge in [0.25, 0.3) is 0 Å². The van der Waals surface area contributed by atoms with E-state index in [0.29, 0.717) is 32.6 Å². The predicted molar refractivity (Wildman–Crippen MR) is 75.8 cm³/mol. The van der Waals surface area contributed by atoms with Gasteiger partial charge in [0.2, 0.25) is 0 Å². The van der Waals surface area contributed by atoms with Crippen molar-refractivity contribution in [3.05, 3.63) is 57.9 Å². The normalized spacial score (nSPS) is 11.7. The van der Waals surface area contributed by atoms with Crippen LogP contribution in [0.3, 0.4) is 0 Å². The molecule has 0 aliphatic rings. The molecule has 0 aliphatic heterocycles. The minimum absolute atomic E-state index is 0.293. The van der Waals surface area contributed by atoms with Crippen LogP contribution in [0.5, 0.6) is 0 Å². The summed E-state index contributed by atoms with van der Waals surface area (Å²) in [5.41, 5.74) is 2.11. The van der Waals surface area contributed by atoms with Crippen molar-refractivity contribution in [1.82, 2.24) is 14.4 Å². The number of hydrogen-bond acceptors (Lipinski definition) is 2. The number of aromatic nitrogens is 3. The number of nitrogens with one attached hydrogen (secondary N) is 1. The van der Waals surface area contributed by atoms with E-state index in [1.165, 1.54) is 16.5 Å². The van der Waals surface area contributed by atoms with Gasteiger partial charge in [0.1, 0.15) is 16.5 Å². The maximum absolute atomic E-state index is 13.3. The Morgan fingerprint density at radius 1 is 1.15 bits per heavy atom. The van der Waals surface area contributed by atoms with Crippen LogP contribution in [-0.2, 0) is 0 Å². The molecule has 1 N–H and O–H groups in total. The van der Waals surface area contributed by atoms with Crippen molar-refractivity contribution in [3.8, 4) is 0 Å². The number of benzene rings is 1. The lowest BCUT2D eigenvalue weighted by molar-refractivity contribution is 0.629. The molecule has 20 heavy (non-hydrogen) atoms. The first-order valence-electron chi connectivity index (χ1n) is 5.93. The molecular weight excluding hydrogens is 281 g/mol. The summed E-state index contributed by atoms with van der Waals surface area (Å²) in [5.74, 6) is -0.347. The Bertz CT molecular complexity index is 1050. The average molecular weight is 288 g/mol. The topological polar surface area (TPSA) is 50.2 Å². The third-order valence-corrected chi connectivity index (χ3v) is 3.52. The van der Waals surface area contributed by atoms with Crippen LogP contribution in [-0.4, -0.2) is 14.4 Å². The minimum atomic E-state index is -0.347. The van der Waals surface area contributed by atoms with Crippen LogP contribution in [0.15, 0.2) is 41.2 Å². The number of halogens is 2. The smallest absolute Gasteiger partial charge is 0.305 e. The summed E-state index contributed by atoms with van der Waals surface area (Å²) in [6, 6.07) is 9.33. The molecule has 4 nitrogen and oxygen atoms in total. The Morgan fingerprint density at radius 2 is 2.00 bits per heavy atom. The highest BCUT2D eigenvalue weighted by Crippen LogP contribution is 2.24. The molecule has 0 amide bonds. The van der Waals surface area contributed by atoms with E-state index >= 15 is 0 Å². The van der Waals surface area contributed by atoms with Gasteiger partial charge in [0, 0.05) is 5.39 Å². The second-order valence-corrected chi connectivity index (χ2v) is 4.92. The molecular formula is C14H7ClFN3O. The van der Waals surface area contributed by atoms with Crippen molar-refractivity contribution in [2.75, 3.05) is 0 Å². The first-order chi connectivity index (χ1) is 9.63. The van der Waals surface area contributed by atoms with E-state index in [0.717, 1.165) is 0 Å². The van der Waals surface area contributed by atoms with Crippen molar-refractivity contribution < 1.29 is 4.39 Å². The third kappa shape index (κ3) is 1.47. The van der Waals surface area contributed by atoms with Crippen molar-refractivity contribution in [2.45, 2.75) is 0 Å². The van der Waals surface area contributed by atoms with Crippen LogP contribution in [0.2, 0.25) is 5.15 Å². The molecule has 0 atom stereocenters. The fraction of sp³-hybridized carbons (Fsp3) is 0. The molecule has 0 bridgehead atoms. The number of rotatable bonds is 0. The molecule has 0 fully saturated rings. The van der Waals surface area contributed by atoms with Gasteiger partial charge in [-0.3, -0.25) is 4.40 Å². The molecule has 4 aromatic rings. The van der Waals surface area contributed by atoms with Crippen molar-refractivity contribution in [3.63, 3.8) is 0 Å². The fourth-order valence-electron chi connectivity index (χ4n) is 2.48. The highest BCUT2D eigenvalue weighted by molar-refractivity contribution is 6.29. The molecule has 1 aromatic carbocycles. The first kappa shape index (κ1) is 11.4. The van der Waals surface area contributed by atoms with Crippen LogP contribution >= 0.6 is 11.6 Å². The number of pyridine rings is 1. The Hall–Kier alpha value is -2.40. The monoisotopic (exact) mass is 287 g/mol. The lowest BCUT2D eigenvalue weighted by atomic mass is 10.2. The Labute approximate surface area is 116 Å². The summed E-state index contributed by atoms with van der Waals surface area (Å²) in [4.78, 5) is 19.2. The van der Waals surface area contributed by atoms with Gasteiger partial charge < -0.3 is 4.98 Å². The van der Waals surface area contributed by atoms with Gasteiger partial charge in [0.05, 0.1) is 16.6 Å². The van der Waals surface area contributed by atoms with E-state index in [4.69, 9.17) is 11.6 Å². The molecule has 3 heterocycles. The number of nitrogens with zero attached hydrogens (tertiary/aromatic N) is 2. The van der Waals surface area contributed by atoms with E-state index in [-0.39, 0.29) is 11.5 Å². The average Bonchev–Trinajstić information content (AvgIpc) is 2.79. The van der Waals surface area contributed by atoms with Gasteiger partial charge in [-0.25, -0.2) is 14.2 Å². The maximum atomic E-state index is 13.3. The molecule has 4 rings (SSSR count). The summed E-state index contributed by atoms with van der Waals surface area (Å²) in [6.45, 7) is 0. The van der Waals surface area contributed by atoms with E-state index in [1.54, 1.807) is 24.3 Å². The van der Waals surface area contributed by atoms with Crippen molar-refractivity contribution >= 4 is 39.1 Å². The summed E-state index contributed by atoms with van der Waals surface area (Å²) in [6.07, 6.45) is 0. The largest absolute Gasteiger partial charge is 0.331 e. The van der Waals surface area contributed by atoms with Crippen molar-refractivity contribution in [1.29, 1.82) is 0 Å². The summed E-state index contributed by atoms with van der Waals surface area (Å²) >= 11 is 5.91. The summed E-state index contributed by atoms with van der Waals surface area (Å²) < 4.78 is 14.8. The van der Waals surface area contributed by atoms with Crippen LogP contribution in [0.4, 0.5) is 4.39 Å². The Kier molecular flexibility index (Phi) is 2.17. The van der Waals surface area contributed by atoms with Crippen LogP contribution in [0, 0.1) is 5.82 Å². The minimum Gasteiger partial charge on any atom is -0.305 e. The lowest BCUT2D eigenvalue weighted by Gasteiger charge is -2.01. The van der Waals surface area contributed by atoms with Crippen LogP contribution in [0.1, 0.15) is 0 Å². The molecule has 6 heteroatoms. The Balaban J connectivity index is 2.34. The van der Waals surface area contributed by atoms with Gasteiger partial charge in [-0.1, -0.05) is 11.6 Å². The van der Waals surface area contributed by atoms with E-state index < -0.39 is 0 Å². The highest BCUT2D eigenvalue weighted by atomic mass is 35.5. The fourth-order valence-corrected chi connectivity index (χ4v) is 2.63. The molecule has 0 saturated carbocycles. The second-order valence-electron chi connectivity index (χ2n) is 4.53. The molecule has 98 valence electrons. The van der Waals surface area contributed by atoms with E-state index in [9.17, 15) is 9.18 Å². The predicted octanol–water partition coefficient (Wildman–Crippen LogP) is 3.12. The second kappa shape index (κ2) is 3.80. The molecule has 3 aromatic heterocycles. The van der Waals surface area contributed by atoms with Gasteiger partial charge in [-0.05, 0) is 36.4 Å². The van der Waals surface area contributed by atoms with Crippen LogP contribution in [0.25, 0.3) is 27.5 Å². The summed E-state index contributed by atoms with van der Waals surface area (Å²) in [5, 5.41) is 0.979. The summed E-state index contributed by atoms with van der Waals surface area (Å²) in [7, 11) is 0. The highest BCUT2D eigenvalue weighted by Gasteiger charge is 2.11. The van der Waals surface area contributed by atoms with E-state index in [1.807, 2.05) is 0 Å². The van der Waals surface area contributed by atoms with Gasteiger partial charge >= 0.3 is 5.69 Å². The first-order valence-corrected chi connectivity index (χ1v) is 6.30. The molecule has 0 unspecified atom stereocenters. The maximum Gasteiger partial charge on any atom is 0.331 e. The standard InChI is InChI=1S/C14H7ClFN3O/c15-12-4-2-9-13(18-12)11-6-7-5-8(16)1-3-10(7)19(11)14(20)17-9/h1-6H,(H,17,20). The van der Waals surface area contributed by atoms with Gasteiger partial charge in [-0.2, -0.15) is 0 Å². The van der Waals surface area contributed by atoms with Gasteiger partial charge in [0.15, 0.2) is 0 Å². The molecule has 0 radical (unpaired) electrons. The number of fused-ring (bicyclic) bond motifs is 5. The third-order valence-electron chi connectivity index (χ3n) is 3.31. The molecule has 0 aliphatic carbocycles. The zero-order chi connectivity index (χ0) is 13.9. The number of hydrogen-bond donors (Lipinski definition) is 1. The van der Waals surface area contributed by atoms with Gasteiger partial charge in [-0.15, -0.1) is 0 Å². The number of aromatic amines is 1. The SMILES string of the molecule is O=c1[nH]c2ccc(Cl)nc2c2cc3cc(F)ccc3n12. The van der Waals surface area contributed by atoms with E-state index in [2.05, 4.69) is 9.97 Å². The molecule has 0 spiro atoms. The van der Waals surface area contributed by atoms with Crippen LogP contribution < -0.4 is 5.69 Å². The zero-order valence-electron chi connectivity index (χ0n) is 10.0. The quantitative estimate of drug-likeness (QED) is 0.505.